The lowest BCUT2D eigenvalue weighted by Crippen LogP contribution is -2.51. The Labute approximate surface area is 200 Å². The molecule has 2 aromatic heterocycles. The van der Waals surface area contributed by atoms with Crippen LogP contribution < -0.4 is 5.32 Å². The Hall–Kier alpha value is -3.53. The predicted octanol–water partition coefficient (Wildman–Crippen LogP) is 4.00. The third-order valence-electron chi connectivity index (χ3n) is 6.80. The molecule has 2 aliphatic rings. The molecule has 0 aliphatic carbocycles. The van der Waals surface area contributed by atoms with E-state index in [4.69, 9.17) is 4.42 Å². The first-order chi connectivity index (χ1) is 16.8. The third kappa shape index (κ3) is 4.22. The van der Waals surface area contributed by atoms with Crippen LogP contribution in [0.5, 0.6) is 0 Å². The Morgan fingerprint density at radius 2 is 1.91 bits per heavy atom. The van der Waals surface area contributed by atoms with Crippen molar-refractivity contribution in [1.29, 1.82) is 0 Å². The second-order valence-electron chi connectivity index (χ2n) is 9.44. The summed E-state index contributed by atoms with van der Waals surface area (Å²) in [5.41, 5.74) is 2.40. The molecule has 5 rings (SSSR count). The van der Waals surface area contributed by atoms with Gasteiger partial charge in [0.1, 0.15) is 0 Å². The maximum Gasteiger partial charge on any atom is 0.314 e. The van der Waals surface area contributed by atoms with E-state index in [0.29, 0.717) is 22.7 Å². The standard InChI is InChI=1S/C25H25F2N5O3/c1-25(2)19-11-15(14-7-9-28-10-8-14)4-6-18(19)23(33)32(24(25)34)13-17-5-3-16(12-29-17)21-30-31-22(35-21)20(26)27/h3-6,11-12,14,20,28H,7-10,13H2,1-2H3. The Morgan fingerprint density at radius 1 is 1.14 bits per heavy atom. The molecule has 1 saturated heterocycles. The molecule has 0 saturated carbocycles. The van der Waals surface area contributed by atoms with Crippen LogP contribution in [0, 0.1) is 0 Å². The second-order valence-corrected chi connectivity index (χ2v) is 9.44. The van der Waals surface area contributed by atoms with Crippen LogP contribution in [0.2, 0.25) is 0 Å². The molecular formula is C25H25F2N5O3. The van der Waals surface area contributed by atoms with Crippen molar-refractivity contribution in [3.8, 4) is 11.5 Å². The molecule has 1 N–H and O–H groups in total. The number of fused-ring (bicyclic) bond motifs is 1. The monoisotopic (exact) mass is 481 g/mol. The Bertz CT molecular complexity index is 1270. The molecule has 3 aromatic rings. The van der Waals surface area contributed by atoms with Crippen molar-refractivity contribution in [2.75, 3.05) is 13.1 Å². The van der Waals surface area contributed by atoms with Crippen molar-refractivity contribution >= 4 is 11.8 Å². The molecule has 2 amide bonds. The van der Waals surface area contributed by atoms with Crippen LogP contribution >= 0.6 is 0 Å². The number of rotatable bonds is 5. The molecule has 10 heteroatoms. The fourth-order valence-electron chi connectivity index (χ4n) is 4.75. The number of amides is 2. The van der Waals surface area contributed by atoms with E-state index in [-0.39, 0.29) is 24.2 Å². The number of imide groups is 1. The number of alkyl halides is 2. The van der Waals surface area contributed by atoms with Crippen LogP contribution in [0.1, 0.15) is 72.1 Å². The zero-order valence-electron chi connectivity index (χ0n) is 19.4. The van der Waals surface area contributed by atoms with Crippen molar-refractivity contribution in [3.63, 3.8) is 0 Å². The van der Waals surface area contributed by atoms with Crippen LogP contribution in [0.25, 0.3) is 11.5 Å². The van der Waals surface area contributed by atoms with Gasteiger partial charge in [0, 0.05) is 11.8 Å². The van der Waals surface area contributed by atoms with E-state index >= 15 is 0 Å². The molecule has 182 valence electrons. The molecule has 0 radical (unpaired) electrons. The van der Waals surface area contributed by atoms with Gasteiger partial charge in [-0.25, -0.2) is 0 Å². The predicted molar refractivity (Wildman–Crippen MR) is 122 cm³/mol. The number of carbonyl (C=O) groups is 2. The topological polar surface area (TPSA) is 101 Å². The number of hydrogen-bond donors (Lipinski definition) is 1. The molecule has 1 aromatic carbocycles. The number of pyridine rings is 1. The highest BCUT2D eigenvalue weighted by Crippen LogP contribution is 2.38. The normalized spacial score (nSPS) is 18.3. The van der Waals surface area contributed by atoms with Gasteiger partial charge in [0.05, 0.1) is 23.2 Å². The molecule has 1 fully saturated rings. The SMILES string of the molecule is CC1(C)C(=O)N(Cc2ccc(-c3nnc(C(F)F)o3)cn2)C(=O)c2ccc(C3CCNCC3)cc21. The summed E-state index contributed by atoms with van der Waals surface area (Å²) >= 11 is 0. The zero-order chi connectivity index (χ0) is 24.7. The molecule has 0 bridgehead atoms. The van der Waals surface area contributed by atoms with Crippen LogP contribution in [-0.2, 0) is 16.8 Å². The number of nitrogens with zero attached hydrogens (tertiary/aromatic N) is 4. The van der Waals surface area contributed by atoms with Crippen molar-refractivity contribution in [2.45, 2.75) is 51.0 Å². The van der Waals surface area contributed by atoms with E-state index in [1.165, 1.54) is 16.7 Å². The third-order valence-corrected chi connectivity index (χ3v) is 6.80. The summed E-state index contributed by atoms with van der Waals surface area (Å²) < 4.78 is 30.3. The zero-order valence-corrected chi connectivity index (χ0v) is 19.4. The molecule has 2 aliphatic heterocycles. The highest BCUT2D eigenvalue weighted by Gasteiger charge is 2.44. The number of hydrogen-bond acceptors (Lipinski definition) is 7. The van der Waals surface area contributed by atoms with E-state index in [0.717, 1.165) is 31.5 Å². The lowest BCUT2D eigenvalue weighted by Gasteiger charge is -2.38. The van der Waals surface area contributed by atoms with E-state index < -0.39 is 17.7 Å². The second kappa shape index (κ2) is 8.92. The lowest BCUT2D eigenvalue weighted by molar-refractivity contribution is -0.134. The largest absolute Gasteiger partial charge is 0.415 e. The van der Waals surface area contributed by atoms with Crippen molar-refractivity contribution in [3.05, 3.63) is 64.8 Å². The van der Waals surface area contributed by atoms with Crippen LogP contribution in [-0.4, -0.2) is 45.0 Å². The van der Waals surface area contributed by atoms with Crippen LogP contribution in [0.4, 0.5) is 8.78 Å². The summed E-state index contributed by atoms with van der Waals surface area (Å²) in [5.74, 6) is -1.08. The Morgan fingerprint density at radius 3 is 2.57 bits per heavy atom. The molecule has 0 unspecified atom stereocenters. The van der Waals surface area contributed by atoms with E-state index in [1.54, 1.807) is 12.1 Å². The van der Waals surface area contributed by atoms with Crippen molar-refractivity contribution in [1.82, 2.24) is 25.4 Å². The number of carbonyl (C=O) groups excluding carboxylic acids is 2. The first-order valence-electron chi connectivity index (χ1n) is 11.5. The fourth-order valence-corrected chi connectivity index (χ4v) is 4.75. The summed E-state index contributed by atoms with van der Waals surface area (Å²) in [6.45, 7) is 5.59. The molecule has 4 heterocycles. The number of benzene rings is 1. The number of nitrogens with one attached hydrogen (secondary N) is 1. The maximum absolute atomic E-state index is 13.4. The number of halogens is 2. The minimum Gasteiger partial charge on any atom is -0.415 e. The highest BCUT2D eigenvalue weighted by molar-refractivity contribution is 6.12. The van der Waals surface area contributed by atoms with Crippen molar-refractivity contribution < 1.29 is 22.8 Å². The fraction of sp³-hybridized carbons (Fsp3) is 0.400. The van der Waals surface area contributed by atoms with Gasteiger partial charge in [-0.05, 0) is 75.0 Å². The first kappa shape index (κ1) is 23.2. The Balaban J connectivity index is 1.38. The smallest absolute Gasteiger partial charge is 0.314 e. The van der Waals surface area contributed by atoms with Gasteiger partial charge in [0.25, 0.3) is 11.8 Å². The summed E-state index contributed by atoms with van der Waals surface area (Å²) in [6, 6.07) is 9.05. The average Bonchev–Trinajstić information content (AvgIpc) is 3.37. The van der Waals surface area contributed by atoms with E-state index in [1.807, 2.05) is 32.0 Å². The highest BCUT2D eigenvalue weighted by atomic mass is 19.3. The van der Waals surface area contributed by atoms with E-state index in [2.05, 4.69) is 20.5 Å². The summed E-state index contributed by atoms with van der Waals surface area (Å²) in [7, 11) is 0. The Kier molecular flexibility index (Phi) is 5.92. The maximum atomic E-state index is 13.4. The van der Waals surface area contributed by atoms with Crippen LogP contribution in [0.3, 0.4) is 0 Å². The summed E-state index contributed by atoms with van der Waals surface area (Å²) in [5, 5.41) is 10.3. The van der Waals surface area contributed by atoms with Gasteiger partial charge in [-0.1, -0.05) is 12.1 Å². The van der Waals surface area contributed by atoms with Crippen LogP contribution in [0.15, 0.2) is 40.9 Å². The van der Waals surface area contributed by atoms with Gasteiger partial charge in [-0.15, -0.1) is 10.2 Å². The van der Waals surface area contributed by atoms with E-state index in [9.17, 15) is 18.4 Å². The number of aromatic nitrogens is 3. The summed E-state index contributed by atoms with van der Waals surface area (Å²) in [6.07, 6.45) is 0.590. The minimum absolute atomic E-state index is 0.0109. The quantitative estimate of drug-likeness (QED) is 0.550. The number of piperidine rings is 1. The van der Waals surface area contributed by atoms with Gasteiger partial charge in [-0.2, -0.15) is 8.78 Å². The molecule has 35 heavy (non-hydrogen) atoms. The molecule has 0 spiro atoms. The first-order valence-corrected chi connectivity index (χ1v) is 11.5. The van der Waals surface area contributed by atoms with Gasteiger partial charge in [0.15, 0.2) is 0 Å². The average molecular weight is 482 g/mol. The molecular weight excluding hydrogens is 456 g/mol. The molecule has 8 nitrogen and oxygen atoms in total. The van der Waals surface area contributed by atoms with Gasteiger partial charge < -0.3 is 9.73 Å². The van der Waals surface area contributed by atoms with Gasteiger partial charge >= 0.3 is 6.43 Å². The van der Waals surface area contributed by atoms with Gasteiger partial charge in [0.2, 0.25) is 11.8 Å². The molecule has 0 atom stereocenters. The summed E-state index contributed by atoms with van der Waals surface area (Å²) in [4.78, 5) is 32.3. The van der Waals surface area contributed by atoms with Crippen molar-refractivity contribution in [2.24, 2.45) is 0 Å². The minimum atomic E-state index is -2.86. The lowest BCUT2D eigenvalue weighted by atomic mass is 9.75. The van der Waals surface area contributed by atoms with Gasteiger partial charge in [-0.3, -0.25) is 19.5 Å².